The Balaban J connectivity index is 0.000000638. The largest absolute Gasteiger partial charge is 0.379 e. The van der Waals surface area contributed by atoms with E-state index in [4.69, 9.17) is 28.4 Å². The Morgan fingerprint density at radius 3 is 1.21 bits per heavy atom. The fraction of sp³-hybridized carbons (Fsp3) is 0.935. The summed E-state index contributed by atoms with van der Waals surface area (Å²) in [5, 5.41) is 16.2. The second-order valence-electron chi connectivity index (χ2n) is 11.8. The van der Waals surface area contributed by atoms with Gasteiger partial charge in [-0.25, -0.2) is 9.98 Å². The summed E-state index contributed by atoms with van der Waals surface area (Å²) in [5.41, 5.74) is 0. The van der Waals surface area contributed by atoms with E-state index >= 15 is 0 Å². The van der Waals surface area contributed by atoms with Crippen molar-refractivity contribution in [2.24, 2.45) is 30.4 Å². The van der Waals surface area contributed by atoms with Crippen molar-refractivity contribution in [2.75, 3.05) is 39.6 Å². The minimum Gasteiger partial charge on any atom is -0.379 e. The number of ether oxygens (including phenoxy) is 6. The van der Waals surface area contributed by atoms with Crippen LogP contribution in [0, 0.1) is 0 Å². The van der Waals surface area contributed by atoms with Gasteiger partial charge in [-0.2, -0.15) is 10.2 Å². The molecule has 0 fully saturated rings. The highest BCUT2D eigenvalue weighted by atomic mass is 16.5. The van der Waals surface area contributed by atoms with Crippen LogP contribution in [-0.4, -0.2) is 100 Å². The van der Waals surface area contributed by atoms with Crippen LogP contribution in [0.4, 0.5) is 0 Å². The lowest BCUT2D eigenvalue weighted by atomic mass is 10.3. The molecule has 0 amide bonds. The molecule has 2 atom stereocenters. The highest BCUT2D eigenvalue weighted by Crippen LogP contribution is 2.12. The normalized spacial score (nSPS) is 17.7. The van der Waals surface area contributed by atoms with Gasteiger partial charge in [0, 0.05) is 19.3 Å². The molecule has 0 aliphatic carbocycles. The predicted molar refractivity (Wildman–Crippen MR) is 173 cm³/mol. The Hall–Kier alpha value is -1.70. The summed E-state index contributed by atoms with van der Waals surface area (Å²) in [5.74, 6) is 1.48. The summed E-state index contributed by atoms with van der Waals surface area (Å²) in [4.78, 5) is 8.74. The summed E-state index contributed by atoms with van der Waals surface area (Å²) >= 11 is 0. The fourth-order valence-corrected chi connectivity index (χ4v) is 3.15. The molecule has 0 bridgehead atoms. The lowest BCUT2D eigenvalue weighted by molar-refractivity contribution is -0.00108. The minimum atomic E-state index is -0.0792. The molecule has 12 heteroatoms. The maximum absolute atomic E-state index is 5.46. The highest BCUT2D eigenvalue weighted by molar-refractivity contribution is 5.85. The second-order valence-corrected chi connectivity index (χ2v) is 11.8. The first-order valence-corrected chi connectivity index (χ1v) is 15.9. The molecule has 0 N–H and O–H groups in total. The van der Waals surface area contributed by atoms with Crippen LogP contribution < -0.4 is 0 Å². The van der Waals surface area contributed by atoms with Crippen molar-refractivity contribution < 1.29 is 28.4 Å². The van der Waals surface area contributed by atoms with E-state index in [2.05, 4.69) is 30.4 Å². The third kappa shape index (κ3) is 27.6. The maximum Gasteiger partial charge on any atom is 0.174 e. The van der Waals surface area contributed by atoms with Gasteiger partial charge >= 0.3 is 0 Å². The molecule has 0 radical (unpaired) electrons. The third-order valence-corrected chi connectivity index (χ3v) is 5.17. The first kappa shape index (κ1) is 41.3. The van der Waals surface area contributed by atoms with Gasteiger partial charge in [-0.1, -0.05) is 0 Å². The van der Waals surface area contributed by atoms with Crippen molar-refractivity contribution in [2.45, 2.75) is 151 Å². The van der Waals surface area contributed by atoms with Crippen LogP contribution in [0.2, 0.25) is 0 Å². The second kappa shape index (κ2) is 25.6. The van der Waals surface area contributed by atoms with E-state index in [1.54, 1.807) is 0 Å². The Morgan fingerprint density at radius 2 is 0.791 bits per heavy atom. The molecule has 0 saturated carbocycles. The molecule has 43 heavy (non-hydrogen) atoms. The van der Waals surface area contributed by atoms with E-state index in [1.807, 2.05) is 83.1 Å². The summed E-state index contributed by atoms with van der Waals surface area (Å²) in [6.07, 6.45) is 3.79. The highest BCUT2D eigenvalue weighted by Gasteiger charge is 2.15. The lowest BCUT2D eigenvalue weighted by Gasteiger charge is -2.09. The topological polar surface area (TPSA) is 130 Å². The van der Waals surface area contributed by atoms with Crippen LogP contribution in [-0.2, 0) is 28.4 Å². The molecule has 2 aliphatic rings. The average Bonchev–Trinajstić information content (AvgIpc) is 3.55. The maximum atomic E-state index is 5.46. The molecule has 2 heterocycles. The molecule has 0 saturated heterocycles. The van der Waals surface area contributed by atoms with Gasteiger partial charge in [-0.3, -0.25) is 0 Å². The smallest absolute Gasteiger partial charge is 0.174 e. The molecule has 0 spiro atoms. The number of nitrogens with zero attached hydrogens (tertiary/aromatic N) is 6. The van der Waals surface area contributed by atoms with Gasteiger partial charge in [0.2, 0.25) is 0 Å². The third-order valence-electron chi connectivity index (χ3n) is 5.17. The number of azo groups is 2. The van der Waals surface area contributed by atoms with Gasteiger partial charge < -0.3 is 28.4 Å². The fourth-order valence-electron chi connectivity index (χ4n) is 3.15. The Bertz CT molecular complexity index is 790. The van der Waals surface area contributed by atoms with Gasteiger partial charge in [0.1, 0.15) is 12.4 Å². The molecule has 252 valence electrons. The van der Waals surface area contributed by atoms with Crippen molar-refractivity contribution in [3.8, 4) is 0 Å². The van der Waals surface area contributed by atoms with Crippen molar-refractivity contribution in [1.82, 2.24) is 0 Å². The first-order chi connectivity index (χ1) is 20.3. The van der Waals surface area contributed by atoms with Gasteiger partial charge in [-0.05, 0) is 83.1 Å². The lowest BCUT2D eigenvalue weighted by Crippen LogP contribution is -2.12. The van der Waals surface area contributed by atoms with E-state index in [0.29, 0.717) is 57.7 Å². The zero-order chi connectivity index (χ0) is 32.6. The molecule has 0 aromatic carbocycles. The molecule has 0 aromatic heterocycles. The zero-order valence-corrected chi connectivity index (χ0v) is 29.1. The molecule has 12 nitrogen and oxygen atoms in total. The van der Waals surface area contributed by atoms with E-state index < -0.39 is 0 Å². The summed E-state index contributed by atoms with van der Waals surface area (Å²) < 4.78 is 32.3. The monoisotopic (exact) mass is 614 g/mol. The van der Waals surface area contributed by atoms with Crippen LogP contribution in [0.3, 0.4) is 0 Å². The molecule has 0 aromatic rings. The number of amidine groups is 2. The van der Waals surface area contributed by atoms with Crippen LogP contribution >= 0.6 is 0 Å². The Morgan fingerprint density at radius 1 is 0.442 bits per heavy atom. The standard InChI is InChI=1S/C12H23N3O2.C11H21N3O2.C8H18O2/c1-9(2)16-7-5-11-13-12(15-14-11)6-8-17-10(3)4;1-8(2)15-6-5-10-12-11(14-13-10)7-16-9(3)4;1-7(2)9-5-6-10-8(3)4/h9-11H,5-8H2,1-4H3;8-10H,5-7H2,1-4H3;7-8H,5-6H2,1-4H3. The van der Waals surface area contributed by atoms with E-state index in [-0.39, 0.29) is 36.7 Å². The number of aliphatic imine (C=N–C) groups is 2. The van der Waals surface area contributed by atoms with Crippen molar-refractivity contribution >= 4 is 11.7 Å². The van der Waals surface area contributed by atoms with Crippen LogP contribution in [0.5, 0.6) is 0 Å². The molecule has 2 rings (SSSR count). The predicted octanol–water partition coefficient (Wildman–Crippen LogP) is 7.06. The van der Waals surface area contributed by atoms with Gasteiger partial charge in [-0.15, -0.1) is 10.2 Å². The molecule has 2 unspecified atom stereocenters. The van der Waals surface area contributed by atoms with E-state index in [9.17, 15) is 0 Å². The Kier molecular flexibility index (Phi) is 24.6. The number of hydrogen-bond donors (Lipinski definition) is 0. The van der Waals surface area contributed by atoms with Crippen LogP contribution in [0.25, 0.3) is 0 Å². The van der Waals surface area contributed by atoms with Gasteiger partial charge in [0.25, 0.3) is 0 Å². The van der Waals surface area contributed by atoms with Crippen molar-refractivity contribution in [3.05, 3.63) is 0 Å². The number of rotatable bonds is 20. The van der Waals surface area contributed by atoms with E-state index in [0.717, 1.165) is 25.1 Å². The first-order valence-electron chi connectivity index (χ1n) is 15.9. The zero-order valence-electron chi connectivity index (χ0n) is 29.1. The summed E-state index contributed by atoms with van der Waals surface area (Å²) in [6.45, 7) is 28.0. The number of hydrogen-bond acceptors (Lipinski definition) is 12. The molecular formula is C31H62N6O6. The SMILES string of the molecule is CC(C)OCCC1=NC(CCOC(C)C)N=N1.CC(C)OCCC1N=NC(COC(C)C)=N1.CC(C)OCCOC(C)C. The Labute approximate surface area is 261 Å². The quantitative estimate of drug-likeness (QED) is 0.135. The van der Waals surface area contributed by atoms with Gasteiger partial charge in [0.05, 0.1) is 69.7 Å². The molecular weight excluding hydrogens is 552 g/mol. The summed E-state index contributed by atoms with van der Waals surface area (Å²) in [6, 6.07) is 0. The van der Waals surface area contributed by atoms with Crippen LogP contribution in [0.1, 0.15) is 102 Å². The van der Waals surface area contributed by atoms with E-state index in [1.165, 1.54) is 0 Å². The van der Waals surface area contributed by atoms with Crippen LogP contribution in [0.15, 0.2) is 30.4 Å². The van der Waals surface area contributed by atoms with Crippen molar-refractivity contribution in [1.29, 1.82) is 0 Å². The minimum absolute atomic E-state index is 0.0530. The summed E-state index contributed by atoms with van der Waals surface area (Å²) in [7, 11) is 0. The van der Waals surface area contributed by atoms with Crippen molar-refractivity contribution in [3.63, 3.8) is 0 Å². The van der Waals surface area contributed by atoms with Gasteiger partial charge in [0.15, 0.2) is 18.2 Å². The average molecular weight is 615 g/mol. The molecule has 2 aliphatic heterocycles.